The number of carbonyl (C=O) groups is 1. The van der Waals surface area contributed by atoms with Crippen molar-refractivity contribution in [3.8, 4) is 0 Å². The number of fused-ring (bicyclic) bond motifs is 1. The lowest BCUT2D eigenvalue weighted by atomic mass is 10.2. The van der Waals surface area contributed by atoms with Crippen LogP contribution < -0.4 is 5.56 Å². The van der Waals surface area contributed by atoms with Gasteiger partial charge in [-0.25, -0.2) is 9.78 Å². The number of rotatable bonds is 3. The summed E-state index contributed by atoms with van der Waals surface area (Å²) in [5.41, 5.74) is 1.66. The normalized spacial score (nSPS) is 10.7. The first kappa shape index (κ1) is 13.4. The number of nitrogens with zero attached hydrogens (tertiary/aromatic N) is 3. The summed E-state index contributed by atoms with van der Waals surface area (Å²) >= 11 is 1.37. The van der Waals surface area contributed by atoms with Crippen molar-refractivity contribution in [2.24, 2.45) is 0 Å². The van der Waals surface area contributed by atoms with E-state index in [0.29, 0.717) is 28.0 Å². The number of thiophene rings is 1. The Kier molecular flexibility index (Phi) is 3.49. The van der Waals surface area contributed by atoms with Crippen LogP contribution in [0.5, 0.6) is 0 Å². The van der Waals surface area contributed by atoms with Crippen molar-refractivity contribution < 1.29 is 9.53 Å². The topological polar surface area (TPSA) is 74.1 Å². The van der Waals surface area contributed by atoms with Gasteiger partial charge in [0, 0.05) is 6.20 Å². The van der Waals surface area contributed by atoms with Gasteiger partial charge in [0.2, 0.25) is 0 Å². The Bertz CT molecular complexity index is 852. The summed E-state index contributed by atoms with van der Waals surface area (Å²) in [6.07, 6.45) is 2.94. The van der Waals surface area contributed by atoms with Crippen LogP contribution in [0.1, 0.15) is 16.1 Å². The van der Waals surface area contributed by atoms with E-state index in [-0.39, 0.29) is 5.56 Å². The van der Waals surface area contributed by atoms with Crippen LogP contribution >= 0.6 is 11.3 Å². The molecule has 0 unspecified atom stereocenters. The van der Waals surface area contributed by atoms with E-state index in [4.69, 9.17) is 0 Å². The minimum absolute atomic E-state index is 0.0890. The zero-order valence-corrected chi connectivity index (χ0v) is 12.0. The molecule has 7 heteroatoms. The first-order valence-corrected chi connectivity index (χ1v) is 7.03. The van der Waals surface area contributed by atoms with Crippen molar-refractivity contribution in [1.82, 2.24) is 14.5 Å². The zero-order valence-electron chi connectivity index (χ0n) is 11.1. The van der Waals surface area contributed by atoms with Gasteiger partial charge in [0.25, 0.3) is 5.56 Å². The van der Waals surface area contributed by atoms with Gasteiger partial charge >= 0.3 is 5.97 Å². The second-order valence-corrected chi connectivity index (χ2v) is 5.26. The van der Waals surface area contributed by atoms with Crippen molar-refractivity contribution in [2.75, 3.05) is 7.11 Å². The van der Waals surface area contributed by atoms with Crippen LogP contribution in [0.15, 0.2) is 40.9 Å². The van der Waals surface area contributed by atoms with Gasteiger partial charge in [-0.1, -0.05) is 0 Å². The monoisotopic (exact) mass is 301 g/mol. The fraction of sp³-hybridized carbons (Fsp3) is 0.143. The highest BCUT2D eigenvalue weighted by Gasteiger charge is 2.08. The van der Waals surface area contributed by atoms with Gasteiger partial charge in [-0.3, -0.25) is 14.3 Å². The van der Waals surface area contributed by atoms with E-state index in [1.165, 1.54) is 35.5 Å². The molecule has 106 valence electrons. The smallest absolute Gasteiger partial charge is 0.339 e. The number of aromatic nitrogens is 3. The SMILES string of the molecule is COC(=O)c1ccc(Cn2cnc3ccsc3c2=O)nc1. The zero-order chi connectivity index (χ0) is 14.8. The standard InChI is InChI=1S/C14H11N3O3S/c1-20-14(19)9-2-3-10(15-6-9)7-17-8-16-11-4-5-21-12(11)13(17)18/h2-6,8H,7H2,1H3. The van der Waals surface area contributed by atoms with Crippen LogP contribution in [0, 0.1) is 0 Å². The molecule has 6 nitrogen and oxygen atoms in total. The molecule has 0 aliphatic carbocycles. The van der Waals surface area contributed by atoms with Gasteiger partial charge in [0.1, 0.15) is 4.70 Å². The highest BCUT2D eigenvalue weighted by atomic mass is 32.1. The van der Waals surface area contributed by atoms with Crippen molar-refractivity contribution in [3.63, 3.8) is 0 Å². The van der Waals surface area contributed by atoms with Crippen molar-refractivity contribution in [3.05, 3.63) is 57.7 Å². The van der Waals surface area contributed by atoms with E-state index < -0.39 is 5.97 Å². The molecule has 0 aliphatic rings. The first-order chi connectivity index (χ1) is 10.2. The predicted octanol–water partition coefficient (Wildman–Crippen LogP) is 1.69. The number of hydrogen-bond acceptors (Lipinski definition) is 6. The predicted molar refractivity (Wildman–Crippen MR) is 78.6 cm³/mol. The third kappa shape index (κ3) is 2.55. The lowest BCUT2D eigenvalue weighted by molar-refractivity contribution is 0.0600. The van der Waals surface area contributed by atoms with E-state index in [9.17, 15) is 9.59 Å². The average Bonchev–Trinajstić information content (AvgIpc) is 2.99. The minimum Gasteiger partial charge on any atom is -0.465 e. The average molecular weight is 301 g/mol. The Balaban J connectivity index is 1.90. The number of hydrogen-bond donors (Lipinski definition) is 0. The number of carbonyl (C=O) groups excluding carboxylic acids is 1. The van der Waals surface area contributed by atoms with Gasteiger partial charge in [-0.15, -0.1) is 11.3 Å². The Hall–Kier alpha value is -2.54. The molecular weight excluding hydrogens is 290 g/mol. The highest BCUT2D eigenvalue weighted by molar-refractivity contribution is 7.17. The molecular formula is C14H11N3O3S. The molecule has 21 heavy (non-hydrogen) atoms. The van der Waals surface area contributed by atoms with Crippen molar-refractivity contribution >= 4 is 27.5 Å². The van der Waals surface area contributed by atoms with Crippen molar-refractivity contribution in [2.45, 2.75) is 6.54 Å². The summed E-state index contributed by atoms with van der Waals surface area (Å²) in [7, 11) is 1.32. The van der Waals surface area contributed by atoms with Gasteiger partial charge in [-0.05, 0) is 23.6 Å². The van der Waals surface area contributed by atoms with Gasteiger partial charge in [0.15, 0.2) is 0 Å². The van der Waals surface area contributed by atoms with Crippen molar-refractivity contribution in [1.29, 1.82) is 0 Å². The fourth-order valence-corrected chi connectivity index (χ4v) is 2.72. The fourth-order valence-electron chi connectivity index (χ4n) is 1.92. The van der Waals surface area contributed by atoms with E-state index >= 15 is 0 Å². The first-order valence-electron chi connectivity index (χ1n) is 6.15. The van der Waals surface area contributed by atoms with Crippen LogP contribution in [0.4, 0.5) is 0 Å². The number of esters is 1. The molecule has 0 amide bonds. The van der Waals surface area contributed by atoms with Crippen LogP contribution in [0.2, 0.25) is 0 Å². The lowest BCUT2D eigenvalue weighted by Crippen LogP contribution is -2.20. The van der Waals surface area contributed by atoms with Crippen LogP contribution in [-0.4, -0.2) is 27.6 Å². The van der Waals surface area contributed by atoms with E-state index in [2.05, 4.69) is 14.7 Å². The summed E-state index contributed by atoms with van der Waals surface area (Å²) in [5.74, 6) is -0.437. The Morgan fingerprint density at radius 2 is 2.19 bits per heavy atom. The molecule has 0 aromatic carbocycles. The van der Waals surface area contributed by atoms with Gasteiger partial charge in [-0.2, -0.15) is 0 Å². The third-order valence-corrected chi connectivity index (χ3v) is 3.91. The maximum absolute atomic E-state index is 12.2. The maximum atomic E-state index is 12.2. The minimum atomic E-state index is -0.437. The second kappa shape index (κ2) is 5.45. The molecule has 0 N–H and O–H groups in total. The second-order valence-electron chi connectivity index (χ2n) is 4.34. The summed E-state index contributed by atoms with van der Waals surface area (Å²) in [6.45, 7) is 0.307. The molecule has 0 fully saturated rings. The largest absolute Gasteiger partial charge is 0.465 e. The molecule has 0 saturated heterocycles. The lowest BCUT2D eigenvalue weighted by Gasteiger charge is -2.05. The molecule has 0 aliphatic heterocycles. The van der Waals surface area contributed by atoms with Gasteiger partial charge < -0.3 is 4.74 Å². The highest BCUT2D eigenvalue weighted by Crippen LogP contribution is 2.13. The third-order valence-electron chi connectivity index (χ3n) is 3.01. The molecule has 0 radical (unpaired) electrons. The molecule has 0 bridgehead atoms. The molecule has 0 spiro atoms. The summed E-state index contributed by atoms with van der Waals surface area (Å²) in [5, 5.41) is 1.84. The number of pyridine rings is 1. The summed E-state index contributed by atoms with van der Waals surface area (Å²) in [4.78, 5) is 32.0. The molecule has 3 rings (SSSR count). The van der Waals surface area contributed by atoms with Crippen LogP contribution in [-0.2, 0) is 11.3 Å². The van der Waals surface area contributed by atoms with Gasteiger partial charge in [0.05, 0.1) is 36.8 Å². The van der Waals surface area contributed by atoms with E-state index in [0.717, 1.165) is 0 Å². The Morgan fingerprint density at radius 1 is 1.33 bits per heavy atom. The molecule has 3 aromatic heterocycles. The van der Waals surface area contributed by atoms with Crippen LogP contribution in [0.25, 0.3) is 10.2 Å². The van der Waals surface area contributed by atoms with E-state index in [1.807, 2.05) is 11.4 Å². The molecule has 3 aromatic rings. The number of methoxy groups -OCH3 is 1. The van der Waals surface area contributed by atoms with E-state index in [1.54, 1.807) is 12.1 Å². The quantitative estimate of drug-likeness (QED) is 0.688. The summed E-state index contributed by atoms with van der Waals surface area (Å²) in [6, 6.07) is 5.13. The Labute approximate surface area is 123 Å². The molecule has 3 heterocycles. The Morgan fingerprint density at radius 3 is 2.90 bits per heavy atom. The maximum Gasteiger partial charge on any atom is 0.339 e. The molecule has 0 saturated carbocycles. The van der Waals surface area contributed by atoms with Crippen LogP contribution in [0.3, 0.4) is 0 Å². The molecule has 0 atom stereocenters. The number of ether oxygens (including phenoxy) is 1. The summed E-state index contributed by atoms with van der Waals surface area (Å²) < 4.78 is 6.74.